The van der Waals surface area contributed by atoms with Gasteiger partial charge in [0.2, 0.25) is 5.95 Å². The maximum atomic E-state index is 14.8. The molecule has 1 saturated heterocycles. The summed E-state index contributed by atoms with van der Waals surface area (Å²) in [5, 5.41) is 0. The Morgan fingerprint density at radius 2 is 2.09 bits per heavy atom. The number of nitrogens with zero attached hydrogens (tertiary/aromatic N) is 5. The second-order valence-corrected chi connectivity index (χ2v) is 8.73. The number of aryl methyl sites for hydroxylation is 1. The predicted molar refractivity (Wildman–Crippen MR) is 123 cm³/mol. The van der Waals surface area contributed by atoms with Crippen molar-refractivity contribution in [1.29, 1.82) is 0 Å². The summed E-state index contributed by atoms with van der Waals surface area (Å²) < 4.78 is 33.5. The number of rotatable bonds is 5. The Morgan fingerprint density at radius 3 is 2.82 bits per heavy atom. The summed E-state index contributed by atoms with van der Waals surface area (Å²) in [7, 11) is 1.46. The van der Waals surface area contributed by atoms with Gasteiger partial charge in [0.15, 0.2) is 0 Å². The molecule has 10 heteroatoms. The van der Waals surface area contributed by atoms with Gasteiger partial charge in [-0.2, -0.15) is 4.98 Å². The molecule has 2 N–H and O–H groups in total. The van der Waals surface area contributed by atoms with Gasteiger partial charge < -0.3 is 15.4 Å². The summed E-state index contributed by atoms with van der Waals surface area (Å²) in [6.07, 6.45) is 1.98. The predicted octanol–water partition coefficient (Wildman–Crippen LogP) is 3.03. The topological polar surface area (TPSA) is 97.5 Å². The monoisotopic (exact) mass is 466 g/mol. The minimum absolute atomic E-state index is 0.163. The van der Waals surface area contributed by atoms with E-state index in [9.17, 15) is 13.6 Å². The molecule has 176 valence electrons. The molecule has 0 unspecified atom stereocenters. The molecule has 3 aromatic rings. The van der Waals surface area contributed by atoms with Crippen LogP contribution in [0.4, 0.5) is 20.5 Å². The van der Waals surface area contributed by atoms with Crippen LogP contribution in [0.2, 0.25) is 0 Å². The van der Waals surface area contributed by atoms with E-state index >= 15 is 0 Å². The number of fused-ring (bicyclic) bond motifs is 1. The number of amides is 1. The molecule has 8 nitrogen and oxygen atoms in total. The highest BCUT2D eigenvalue weighted by Crippen LogP contribution is 2.38. The number of ether oxygens (including phenoxy) is 1. The van der Waals surface area contributed by atoms with Crippen molar-refractivity contribution >= 4 is 17.7 Å². The molecule has 0 bridgehead atoms. The summed E-state index contributed by atoms with van der Waals surface area (Å²) in [5.74, 6) is 0.382. The maximum Gasteiger partial charge on any atom is 0.260 e. The van der Waals surface area contributed by atoms with Crippen molar-refractivity contribution < 1.29 is 18.3 Å². The number of nitrogens with two attached hydrogens (primary N) is 1. The van der Waals surface area contributed by atoms with Crippen molar-refractivity contribution in [1.82, 2.24) is 15.0 Å². The molecule has 2 aliphatic heterocycles. The van der Waals surface area contributed by atoms with Gasteiger partial charge in [-0.15, -0.1) is 0 Å². The van der Waals surface area contributed by atoms with E-state index in [1.165, 1.54) is 24.3 Å². The first-order valence-electron chi connectivity index (χ1n) is 10.9. The summed E-state index contributed by atoms with van der Waals surface area (Å²) in [4.78, 5) is 30.2. The molecule has 1 fully saturated rings. The molecule has 34 heavy (non-hydrogen) atoms. The highest BCUT2D eigenvalue weighted by Gasteiger charge is 2.37. The van der Waals surface area contributed by atoms with Crippen LogP contribution in [0.3, 0.4) is 0 Å². The molecule has 2 aliphatic rings. The Kier molecular flexibility index (Phi) is 5.40. The van der Waals surface area contributed by atoms with Crippen molar-refractivity contribution in [2.45, 2.75) is 25.4 Å². The van der Waals surface area contributed by atoms with E-state index in [0.29, 0.717) is 59.5 Å². The van der Waals surface area contributed by atoms with E-state index < -0.39 is 18.0 Å². The van der Waals surface area contributed by atoms with E-state index in [1.54, 1.807) is 31.2 Å². The van der Waals surface area contributed by atoms with Gasteiger partial charge >= 0.3 is 0 Å². The van der Waals surface area contributed by atoms with Crippen molar-refractivity contribution in [3.8, 4) is 17.0 Å². The minimum atomic E-state index is -0.924. The van der Waals surface area contributed by atoms with Crippen LogP contribution in [0, 0.1) is 12.7 Å². The van der Waals surface area contributed by atoms with Gasteiger partial charge in [0.1, 0.15) is 24.1 Å². The number of carbonyl (C=O) groups excluding carboxylic acids is 1. The lowest BCUT2D eigenvalue weighted by atomic mass is 10.0. The Balaban J connectivity index is 1.52. The molecule has 0 aliphatic carbocycles. The standard InChI is InChI=1S/C24H24F2N6O2/c1-14-10-19(30-23(29-14)31-9-7-24(27,12-25)13-31)32-11-16-15(22(32)33)6-8-28-21(16)20-17(26)4-3-5-18(20)34-2/h3-6,8,10H,7,9,11-13,27H2,1-2H3/t24-/m0/s1. The number of pyridine rings is 1. The first kappa shape index (κ1) is 22.1. The third-order valence-corrected chi connectivity index (χ3v) is 6.32. The zero-order chi connectivity index (χ0) is 24.0. The minimum Gasteiger partial charge on any atom is -0.496 e. The summed E-state index contributed by atoms with van der Waals surface area (Å²) in [6, 6.07) is 7.87. The number of aromatic nitrogens is 3. The molecular weight excluding hydrogens is 442 g/mol. The van der Waals surface area contributed by atoms with Crippen LogP contribution in [0.5, 0.6) is 5.75 Å². The van der Waals surface area contributed by atoms with Crippen molar-refractivity contribution in [2.75, 3.05) is 36.7 Å². The van der Waals surface area contributed by atoms with E-state index in [4.69, 9.17) is 10.5 Å². The fourth-order valence-corrected chi connectivity index (χ4v) is 4.52. The number of methoxy groups -OCH3 is 1. The second-order valence-electron chi connectivity index (χ2n) is 8.73. The molecule has 1 aromatic carbocycles. The number of anilines is 2. The van der Waals surface area contributed by atoms with Gasteiger partial charge in [0, 0.05) is 42.2 Å². The SMILES string of the molecule is COc1cccc(F)c1-c1nccc2c1CN(c1cc(C)nc(N3CC[C@](N)(CF)C3)n1)C2=O. The van der Waals surface area contributed by atoms with Crippen LogP contribution in [-0.4, -0.2) is 53.3 Å². The molecule has 5 rings (SSSR count). The second kappa shape index (κ2) is 8.28. The van der Waals surface area contributed by atoms with Gasteiger partial charge in [0.25, 0.3) is 5.91 Å². The normalized spacial score (nSPS) is 19.6. The molecule has 4 heterocycles. The van der Waals surface area contributed by atoms with E-state index in [0.717, 1.165) is 0 Å². The van der Waals surface area contributed by atoms with Crippen molar-refractivity contribution in [3.63, 3.8) is 0 Å². The Labute approximate surface area is 195 Å². The summed E-state index contributed by atoms with van der Waals surface area (Å²) in [6.45, 7) is 2.16. The van der Waals surface area contributed by atoms with E-state index in [2.05, 4.69) is 15.0 Å². The van der Waals surface area contributed by atoms with Crippen LogP contribution < -0.4 is 20.3 Å². The quantitative estimate of drug-likeness (QED) is 0.617. The average molecular weight is 466 g/mol. The van der Waals surface area contributed by atoms with Crippen LogP contribution in [0.15, 0.2) is 36.5 Å². The van der Waals surface area contributed by atoms with E-state index in [1.807, 2.05) is 4.90 Å². The largest absolute Gasteiger partial charge is 0.496 e. The average Bonchev–Trinajstić information content (AvgIpc) is 3.40. The Morgan fingerprint density at radius 1 is 1.26 bits per heavy atom. The zero-order valence-corrected chi connectivity index (χ0v) is 18.9. The molecule has 1 atom stereocenters. The molecule has 2 aromatic heterocycles. The first-order chi connectivity index (χ1) is 16.3. The number of halogens is 2. The van der Waals surface area contributed by atoms with Gasteiger partial charge in [-0.3, -0.25) is 14.7 Å². The van der Waals surface area contributed by atoms with Crippen molar-refractivity contribution in [3.05, 3.63) is 59.2 Å². The smallest absolute Gasteiger partial charge is 0.260 e. The highest BCUT2D eigenvalue weighted by molar-refractivity contribution is 6.10. The van der Waals surface area contributed by atoms with E-state index in [-0.39, 0.29) is 18.0 Å². The van der Waals surface area contributed by atoms with Crippen LogP contribution in [0.25, 0.3) is 11.3 Å². The highest BCUT2D eigenvalue weighted by atomic mass is 19.1. The molecular formula is C24H24F2N6O2. The van der Waals surface area contributed by atoms with Crippen LogP contribution >= 0.6 is 0 Å². The summed E-state index contributed by atoms with van der Waals surface area (Å²) in [5.41, 5.74) is 7.40. The number of hydrogen-bond donors (Lipinski definition) is 1. The molecule has 0 spiro atoms. The first-order valence-corrected chi connectivity index (χ1v) is 10.9. The lowest BCUT2D eigenvalue weighted by molar-refractivity contribution is 0.0996. The number of hydrogen-bond acceptors (Lipinski definition) is 7. The van der Waals surface area contributed by atoms with Crippen molar-refractivity contribution in [2.24, 2.45) is 5.73 Å². The van der Waals surface area contributed by atoms with Gasteiger partial charge in [-0.25, -0.2) is 13.8 Å². The number of benzene rings is 1. The molecule has 1 amide bonds. The lowest BCUT2D eigenvalue weighted by Gasteiger charge is -2.23. The number of carbonyl (C=O) groups is 1. The maximum absolute atomic E-state index is 14.8. The molecule has 0 saturated carbocycles. The fraction of sp³-hybridized carbons (Fsp3) is 0.333. The van der Waals surface area contributed by atoms with Crippen LogP contribution in [-0.2, 0) is 6.54 Å². The summed E-state index contributed by atoms with van der Waals surface area (Å²) >= 11 is 0. The molecule has 0 radical (unpaired) electrons. The van der Waals surface area contributed by atoms with Gasteiger partial charge in [-0.1, -0.05) is 6.07 Å². The lowest BCUT2D eigenvalue weighted by Crippen LogP contribution is -2.45. The number of alkyl halides is 1. The van der Waals surface area contributed by atoms with Gasteiger partial charge in [0.05, 0.1) is 30.5 Å². The third-order valence-electron chi connectivity index (χ3n) is 6.32. The fourth-order valence-electron chi connectivity index (χ4n) is 4.52. The van der Waals surface area contributed by atoms with Crippen LogP contribution in [0.1, 0.15) is 28.0 Å². The third kappa shape index (κ3) is 3.63. The van der Waals surface area contributed by atoms with Gasteiger partial charge in [-0.05, 0) is 31.5 Å². The Bertz CT molecular complexity index is 1290. The zero-order valence-electron chi connectivity index (χ0n) is 18.9. The Hall–Kier alpha value is -3.66.